The molecule has 5 nitrogen and oxygen atoms in total. The summed E-state index contributed by atoms with van der Waals surface area (Å²) in [6.45, 7) is 5.44. The van der Waals surface area contributed by atoms with E-state index in [1.807, 2.05) is 50.2 Å². The number of carbonyl (C=O) groups excluding carboxylic acids is 2. The number of halogens is 1. The fraction of sp³-hybridized carbons (Fsp3) is 0.263. The smallest absolute Gasteiger partial charge is 0.253 e. The van der Waals surface area contributed by atoms with Crippen molar-refractivity contribution in [1.29, 1.82) is 0 Å². The van der Waals surface area contributed by atoms with Crippen LogP contribution in [0.3, 0.4) is 0 Å². The van der Waals surface area contributed by atoms with Gasteiger partial charge in [0.1, 0.15) is 0 Å². The van der Waals surface area contributed by atoms with Crippen LogP contribution in [0.4, 0.5) is 11.4 Å². The Hall–Kier alpha value is -2.34. The van der Waals surface area contributed by atoms with Crippen LogP contribution in [0, 0.1) is 0 Å². The number of benzene rings is 2. The maximum absolute atomic E-state index is 12.3. The molecule has 0 aliphatic rings. The molecule has 2 rings (SSSR count). The first-order valence-corrected chi connectivity index (χ1v) is 9.01. The molecule has 0 fully saturated rings. The third-order valence-electron chi connectivity index (χ3n) is 3.74. The number of nitrogens with zero attached hydrogens (tertiary/aromatic N) is 1. The molecule has 2 aromatic rings. The Bertz CT molecular complexity index is 728. The molecule has 0 saturated heterocycles. The lowest BCUT2D eigenvalue weighted by atomic mass is 10.2. The van der Waals surface area contributed by atoms with Crippen LogP contribution in [0.1, 0.15) is 24.2 Å². The molecule has 6 heteroatoms. The van der Waals surface area contributed by atoms with E-state index in [9.17, 15) is 9.59 Å². The molecule has 25 heavy (non-hydrogen) atoms. The molecule has 2 amide bonds. The van der Waals surface area contributed by atoms with Gasteiger partial charge in [-0.1, -0.05) is 22.0 Å². The molecule has 0 spiro atoms. The van der Waals surface area contributed by atoms with Gasteiger partial charge in [-0.3, -0.25) is 9.59 Å². The van der Waals surface area contributed by atoms with E-state index in [0.29, 0.717) is 18.7 Å². The van der Waals surface area contributed by atoms with Crippen molar-refractivity contribution in [3.63, 3.8) is 0 Å². The van der Waals surface area contributed by atoms with E-state index in [-0.39, 0.29) is 18.4 Å². The number of carbonyl (C=O) groups is 2. The molecular formula is C19H22BrN3O2. The summed E-state index contributed by atoms with van der Waals surface area (Å²) >= 11 is 3.37. The Morgan fingerprint density at radius 2 is 1.68 bits per heavy atom. The summed E-state index contributed by atoms with van der Waals surface area (Å²) in [6.07, 6.45) is 0. The lowest BCUT2D eigenvalue weighted by Crippen LogP contribution is -2.30. The fourth-order valence-electron chi connectivity index (χ4n) is 2.38. The van der Waals surface area contributed by atoms with Crippen molar-refractivity contribution in [2.45, 2.75) is 13.8 Å². The van der Waals surface area contributed by atoms with Gasteiger partial charge < -0.3 is 15.5 Å². The molecular weight excluding hydrogens is 382 g/mol. The van der Waals surface area contributed by atoms with E-state index >= 15 is 0 Å². The maximum atomic E-state index is 12.3. The molecule has 0 heterocycles. The second kappa shape index (κ2) is 9.22. The maximum Gasteiger partial charge on any atom is 0.253 e. The van der Waals surface area contributed by atoms with Gasteiger partial charge in [0.2, 0.25) is 5.91 Å². The quantitative estimate of drug-likeness (QED) is 0.734. The summed E-state index contributed by atoms with van der Waals surface area (Å²) in [5, 5.41) is 5.87. The van der Waals surface area contributed by atoms with Crippen LogP contribution in [-0.2, 0) is 4.79 Å². The second-order valence-electron chi connectivity index (χ2n) is 5.47. The van der Waals surface area contributed by atoms with Crippen LogP contribution < -0.4 is 10.6 Å². The van der Waals surface area contributed by atoms with Crippen molar-refractivity contribution in [2.24, 2.45) is 0 Å². The van der Waals surface area contributed by atoms with Gasteiger partial charge in [-0.05, 0) is 56.3 Å². The van der Waals surface area contributed by atoms with Crippen molar-refractivity contribution in [2.75, 3.05) is 30.3 Å². The van der Waals surface area contributed by atoms with Crippen molar-refractivity contribution < 1.29 is 9.59 Å². The number of hydrogen-bond donors (Lipinski definition) is 2. The lowest BCUT2D eigenvalue weighted by Gasteiger charge is -2.18. The van der Waals surface area contributed by atoms with Crippen LogP contribution in [-0.4, -0.2) is 36.3 Å². The first-order chi connectivity index (χ1) is 12.0. The zero-order chi connectivity index (χ0) is 18.2. The number of amides is 2. The largest absolute Gasteiger partial charge is 0.376 e. The van der Waals surface area contributed by atoms with Gasteiger partial charge in [0.05, 0.1) is 6.54 Å². The van der Waals surface area contributed by atoms with Gasteiger partial charge in [0, 0.05) is 34.5 Å². The average molecular weight is 404 g/mol. The Balaban J connectivity index is 1.89. The van der Waals surface area contributed by atoms with Crippen LogP contribution in [0.2, 0.25) is 0 Å². The summed E-state index contributed by atoms with van der Waals surface area (Å²) in [5.41, 5.74) is 2.18. The fourth-order valence-corrected chi connectivity index (χ4v) is 2.78. The van der Waals surface area contributed by atoms with Gasteiger partial charge in [-0.25, -0.2) is 0 Å². The molecule has 0 radical (unpaired) electrons. The standard InChI is InChI=1S/C19H22BrN3O2/c1-3-23(4-2)19(25)14-8-10-16(11-9-14)21-13-18(24)22-17-7-5-6-15(20)12-17/h5-12,21H,3-4,13H2,1-2H3,(H,22,24). The van der Waals surface area contributed by atoms with Gasteiger partial charge in [0.25, 0.3) is 5.91 Å². The van der Waals surface area contributed by atoms with Crippen LogP contribution in [0.15, 0.2) is 53.0 Å². The number of anilines is 2. The predicted octanol–water partition coefficient (Wildman–Crippen LogP) is 3.98. The van der Waals surface area contributed by atoms with Gasteiger partial charge >= 0.3 is 0 Å². The first-order valence-electron chi connectivity index (χ1n) is 8.22. The summed E-state index contributed by atoms with van der Waals surface area (Å²) in [5.74, 6) is -0.120. The molecule has 132 valence electrons. The number of rotatable bonds is 7. The van der Waals surface area contributed by atoms with E-state index in [2.05, 4.69) is 26.6 Å². The van der Waals surface area contributed by atoms with Gasteiger partial charge in [-0.2, -0.15) is 0 Å². The minimum Gasteiger partial charge on any atom is -0.376 e. The highest BCUT2D eigenvalue weighted by atomic mass is 79.9. The lowest BCUT2D eigenvalue weighted by molar-refractivity contribution is -0.114. The van der Waals surface area contributed by atoms with Crippen LogP contribution >= 0.6 is 15.9 Å². The second-order valence-corrected chi connectivity index (χ2v) is 6.38. The minimum atomic E-state index is -0.138. The van der Waals surface area contributed by atoms with Crippen molar-refractivity contribution in [3.05, 3.63) is 58.6 Å². The monoisotopic (exact) mass is 403 g/mol. The minimum absolute atomic E-state index is 0.0175. The Morgan fingerprint density at radius 1 is 1.00 bits per heavy atom. The molecule has 2 N–H and O–H groups in total. The summed E-state index contributed by atoms with van der Waals surface area (Å²) < 4.78 is 0.909. The van der Waals surface area contributed by atoms with Crippen molar-refractivity contribution >= 4 is 39.1 Å². The Labute approximate surface area is 156 Å². The molecule has 0 unspecified atom stereocenters. The summed E-state index contributed by atoms with van der Waals surface area (Å²) in [7, 11) is 0. The van der Waals surface area contributed by atoms with Gasteiger partial charge in [0.15, 0.2) is 0 Å². The highest BCUT2D eigenvalue weighted by Gasteiger charge is 2.12. The zero-order valence-corrected chi connectivity index (χ0v) is 16.0. The van der Waals surface area contributed by atoms with E-state index < -0.39 is 0 Å². The molecule has 0 atom stereocenters. The topological polar surface area (TPSA) is 61.4 Å². The van der Waals surface area contributed by atoms with Gasteiger partial charge in [-0.15, -0.1) is 0 Å². The van der Waals surface area contributed by atoms with E-state index in [1.54, 1.807) is 17.0 Å². The summed E-state index contributed by atoms with van der Waals surface area (Å²) in [4.78, 5) is 26.0. The molecule has 0 aliphatic heterocycles. The number of hydrogen-bond acceptors (Lipinski definition) is 3. The molecule has 0 bridgehead atoms. The van der Waals surface area contributed by atoms with E-state index in [0.717, 1.165) is 15.8 Å². The third kappa shape index (κ3) is 5.60. The van der Waals surface area contributed by atoms with E-state index in [1.165, 1.54) is 0 Å². The molecule has 0 aromatic heterocycles. The zero-order valence-electron chi connectivity index (χ0n) is 14.4. The van der Waals surface area contributed by atoms with Crippen molar-refractivity contribution in [1.82, 2.24) is 4.90 Å². The Morgan fingerprint density at radius 3 is 2.28 bits per heavy atom. The molecule has 2 aromatic carbocycles. The molecule has 0 saturated carbocycles. The number of nitrogens with one attached hydrogen (secondary N) is 2. The summed E-state index contributed by atoms with van der Waals surface area (Å²) in [6, 6.07) is 14.6. The highest BCUT2D eigenvalue weighted by molar-refractivity contribution is 9.10. The SMILES string of the molecule is CCN(CC)C(=O)c1ccc(NCC(=O)Nc2cccc(Br)c2)cc1. The highest BCUT2D eigenvalue weighted by Crippen LogP contribution is 2.16. The first kappa shape index (κ1) is 19.0. The molecule has 0 aliphatic carbocycles. The van der Waals surface area contributed by atoms with Crippen molar-refractivity contribution in [3.8, 4) is 0 Å². The van der Waals surface area contributed by atoms with E-state index in [4.69, 9.17) is 0 Å². The predicted molar refractivity (Wildman–Crippen MR) is 105 cm³/mol. The third-order valence-corrected chi connectivity index (χ3v) is 4.24. The van der Waals surface area contributed by atoms with Crippen LogP contribution in [0.25, 0.3) is 0 Å². The normalized spacial score (nSPS) is 10.2. The Kier molecular flexibility index (Phi) is 7.01. The average Bonchev–Trinajstić information content (AvgIpc) is 2.61. The van der Waals surface area contributed by atoms with Crippen LogP contribution in [0.5, 0.6) is 0 Å².